The Balaban J connectivity index is 1.62. The molecule has 1 aliphatic heterocycles. The van der Waals surface area contributed by atoms with Crippen molar-refractivity contribution in [2.24, 2.45) is 11.8 Å². The van der Waals surface area contributed by atoms with E-state index in [0.29, 0.717) is 29.9 Å². The molecule has 5 rings (SSSR count). The van der Waals surface area contributed by atoms with Crippen LogP contribution in [0.1, 0.15) is 49.7 Å². The Morgan fingerprint density at radius 3 is 2.96 bits per heavy atom. The lowest BCUT2D eigenvalue weighted by Gasteiger charge is -2.58. The fraction of sp³-hybridized carbons (Fsp3) is 0.650. The fourth-order valence-corrected chi connectivity index (χ4v) is 5.85. The van der Waals surface area contributed by atoms with Crippen LogP contribution in [0, 0.1) is 11.8 Å². The molecule has 3 nitrogen and oxygen atoms in total. The normalized spacial score (nSPS) is 36.4. The molecular formula is C20H25NO2. The summed E-state index contributed by atoms with van der Waals surface area (Å²) < 4.78 is 0. The van der Waals surface area contributed by atoms with Crippen molar-refractivity contribution in [3.8, 4) is 5.75 Å². The predicted molar refractivity (Wildman–Crippen MR) is 88.5 cm³/mol. The molecule has 0 unspecified atom stereocenters. The van der Waals surface area contributed by atoms with Crippen LogP contribution in [-0.4, -0.2) is 34.9 Å². The molecule has 2 bridgehead atoms. The van der Waals surface area contributed by atoms with Crippen LogP contribution in [0.2, 0.25) is 0 Å². The van der Waals surface area contributed by atoms with Gasteiger partial charge in [0.2, 0.25) is 0 Å². The number of phenolic OH excluding ortho intramolecular Hbond substituents is 1. The van der Waals surface area contributed by atoms with Gasteiger partial charge < -0.3 is 5.11 Å². The Morgan fingerprint density at radius 2 is 2.13 bits per heavy atom. The molecule has 1 heterocycles. The minimum Gasteiger partial charge on any atom is -0.508 e. The maximum Gasteiger partial charge on any atom is 0.133 e. The van der Waals surface area contributed by atoms with Crippen molar-refractivity contribution in [3.63, 3.8) is 0 Å². The van der Waals surface area contributed by atoms with Gasteiger partial charge in [-0.05, 0) is 62.1 Å². The summed E-state index contributed by atoms with van der Waals surface area (Å²) in [6.07, 6.45) is 7.29. The number of ketones is 1. The number of hydrogen-bond donors (Lipinski definition) is 1. The number of Topliss-reactive ketones (excluding diaryl/α,β-unsaturated/α-hetero) is 1. The number of likely N-dealkylation sites (tertiary alicyclic amines) is 1. The molecule has 0 aromatic heterocycles. The molecule has 3 heteroatoms. The van der Waals surface area contributed by atoms with Gasteiger partial charge in [-0.2, -0.15) is 0 Å². The zero-order valence-corrected chi connectivity index (χ0v) is 13.6. The van der Waals surface area contributed by atoms with Gasteiger partial charge in [-0.15, -0.1) is 0 Å². The Hall–Kier alpha value is -1.35. The predicted octanol–water partition coefficient (Wildman–Crippen LogP) is 3.04. The van der Waals surface area contributed by atoms with Crippen LogP contribution >= 0.6 is 0 Å². The first-order valence-electron chi connectivity index (χ1n) is 9.24. The van der Waals surface area contributed by atoms with Crippen LogP contribution in [0.5, 0.6) is 5.75 Å². The second-order valence-electron chi connectivity index (χ2n) is 8.29. The lowest BCUT2D eigenvalue weighted by Crippen LogP contribution is -2.62. The number of carbonyl (C=O) groups is 1. The first-order chi connectivity index (χ1) is 11.2. The van der Waals surface area contributed by atoms with Gasteiger partial charge >= 0.3 is 0 Å². The van der Waals surface area contributed by atoms with E-state index in [1.807, 2.05) is 12.1 Å². The molecule has 3 atom stereocenters. The van der Waals surface area contributed by atoms with Crippen LogP contribution in [-0.2, 0) is 16.6 Å². The number of nitrogens with zero attached hydrogens (tertiary/aromatic N) is 1. The third kappa shape index (κ3) is 2.02. The minimum absolute atomic E-state index is 0.0843. The van der Waals surface area contributed by atoms with Crippen molar-refractivity contribution in [1.29, 1.82) is 0 Å². The Kier molecular flexibility index (Phi) is 2.94. The summed E-state index contributed by atoms with van der Waals surface area (Å²) in [6.45, 7) is 2.35. The molecule has 4 aliphatic rings. The lowest BCUT2D eigenvalue weighted by atomic mass is 9.52. The number of benzene rings is 1. The Morgan fingerprint density at radius 1 is 1.26 bits per heavy atom. The summed E-state index contributed by atoms with van der Waals surface area (Å²) in [5.41, 5.74) is 2.33. The Labute approximate surface area is 137 Å². The minimum atomic E-state index is -0.0843. The van der Waals surface area contributed by atoms with Crippen molar-refractivity contribution >= 4 is 5.78 Å². The molecule has 2 saturated carbocycles. The number of fused-ring (bicyclic) bond motifs is 1. The largest absolute Gasteiger partial charge is 0.508 e. The highest BCUT2D eigenvalue weighted by Crippen LogP contribution is 2.57. The van der Waals surface area contributed by atoms with E-state index >= 15 is 0 Å². The van der Waals surface area contributed by atoms with E-state index < -0.39 is 0 Å². The highest BCUT2D eigenvalue weighted by atomic mass is 16.3. The molecule has 0 amide bonds. The number of phenols is 1. The molecule has 1 saturated heterocycles. The van der Waals surface area contributed by atoms with E-state index in [4.69, 9.17) is 0 Å². The number of hydrogen-bond acceptors (Lipinski definition) is 3. The molecule has 0 radical (unpaired) electrons. The first-order valence-corrected chi connectivity index (χ1v) is 9.24. The molecule has 3 aliphatic carbocycles. The van der Waals surface area contributed by atoms with Gasteiger partial charge in [-0.25, -0.2) is 0 Å². The van der Waals surface area contributed by atoms with E-state index in [0.717, 1.165) is 43.7 Å². The van der Waals surface area contributed by atoms with Gasteiger partial charge in [-0.1, -0.05) is 12.1 Å². The van der Waals surface area contributed by atoms with Crippen LogP contribution < -0.4 is 0 Å². The Bertz CT molecular complexity index is 666. The van der Waals surface area contributed by atoms with E-state index in [1.165, 1.54) is 24.9 Å². The second kappa shape index (κ2) is 4.83. The average Bonchev–Trinajstić information content (AvgIpc) is 3.33. The van der Waals surface area contributed by atoms with Crippen molar-refractivity contribution in [2.45, 2.75) is 56.4 Å². The molecule has 1 N–H and O–H groups in total. The maximum atomic E-state index is 12.3. The summed E-state index contributed by atoms with van der Waals surface area (Å²) in [6, 6.07) is 6.55. The molecule has 1 aromatic rings. The first kappa shape index (κ1) is 14.0. The number of piperidine rings is 1. The van der Waals surface area contributed by atoms with E-state index in [1.54, 1.807) is 0 Å². The smallest absolute Gasteiger partial charge is 0.133 e. The second-order valence-corrected chi connectivity index (χ2v) is 8.29. The van der Waals surface area contributed by atoms with E-state index in [-0.39, 0.29) is 5.41 Å². The summed E-state index contributed by atoms with van der Waals surface area (Å²) in [7, 11) is 0. The highest BCUT2D eigenvalue weighted by Gasteiger charge is 2.56. The van der Waals surface area contributed by atoms with E-state index in [9.17, 15) is 9.90 Å². The standard InChI is InChI=1S/C20H25NO2/c22-15-6-7-16-17-10-14-2-1-3-18(23)19(14)20(16,11-15)8-9-21(17)12-13-4-5-13/h1-3,13,16-17,23H,4-12H2/t16-,17-,20+/m0/s1. The summed E-state index contributed by atoms with van der Waals surface area (Å²) in [4.78, 5) is 15.0. The van der Waals surface area contributed by atoms with Gasteiger partial charge in [-0.3, -0.25) is 9.69 Å². The molecule has 23 heavy (non-hydrogen) atoms. The number of aromatic hydroxyl groups is 1. The third-order valence-corrected chi connectivity index (χ3v) is 6.98. The summed E-state index contributed by atoms with van der Waals surface area (Å²) in [5, 5.41) is 10.6. The third-order valence-electron chi connectivity index (χ3n) is 6.98. The summed E-state index contributed by atoms with van der Waals surface area (Å²) in [5.74, 6) is 2.29. The van der Waals surface area contributed by atoms with Crippen molar-refractivity contribution in [1.82, 2.24) is 4.90 Å². The van der Waals surface area contributed by atoms with Crippen LogP contribution in [0.15, 0.2) is 18.2 Å². The lowest BCUT2D eigenvalue weighted by molar-refractivity contribution is -0.127. The van der Waals surface area contributed by atoms with Gasteiger partial charge in [0.25, 0.3) is 0 Å². The van der Waals surface area contributed by atoms with Gasteiger partial charge in [0.15, 0.2) is 0 Å². The average molecular weight is 311 g/mol. The SMILES string of the molecule is O=C1CC[C@H]2[C@@H]3Cc4cccc(O)c4[C@]2(CCN3CC2CC2)C1. The van der Waals surface area contributed by atoms with Gasteiger partial charge in [0, 0.05) is 36.4 Å². The summed E-state index contributed by atoms with van der Waals surface area (Å²) >= 11 is 0. The van der Waals surface area contributed by atoms with Crippen molar-refractivity contribution in [3.05, 3.63) is 29.3 Å². The number of rotatable bonds is 2. The molecular weight excluding hydrogens is 286 g/mol. The van der Waals surface area contributed by atoms with Crippen molar-refractivity contribution in [2.75, 3.05) is 13.1 Å². The monoisotopic (exact) mass is 311 g/mol. The number of carbonyl (C=O) groups excluding carboxylic acids is 1. The van der Waals surface area contributed by atoms with Gasteiger partial charge in [0.1, 0.15) is 11.5 Å². The van der Waals surface area contributed by atoms with E-state index in [2.05, 4.69) is 11.0 Å². The molecule has 3 fully saturated rings. The highest BCUT2D eigenvalue weighted by molar-refractivity contribution is 5.82. The molecule has 122 valence electrons. The zero-order valence-electron chi connectivity index (χ0n) is 13.6. The maximum absolute atomic E-state index is 12.3. The van der Waals surface area contributed by atoms with Crippen LogP contribution in [0.3, 0.4) is 0 Å². The topological polar surface area (TPSA) is 40.5 Å². The molecule has 1 aromatic carbocycles. The van der Waals surface area contributed by atoms with Crippen LogP contribution in [0.25, 0.3) is 0 Å². The van der Waals surface area contributed by atoms with Crippen molar-refractivity contribution < 1.29 is 9.90 Å². The van der Waals surface area contributed by atoms with Crippen LogP contribution in [0.4, 0.5) is 0 Å². The van der Waals surface area contributed by atoms with Gasteiger partial charge in [0.05, 0.1) is 0 Å². The quantitative estimate of drug-likeness (QED) is 0.912. The fourth-order valence-electron chi connectivity index (χ4n) is 5.85. The zero-order chi connectivity index (χ0) is 15.6. The molecule has 0 spiro atoms.